The van der Waals surface area contributed by atoms with Crippen molar-refractivity contribution in [2.24, 2.45) is 25.9 Å². The van der Waals surface area contributed by atoms with E-state index in [9.17, 15) is 18.4 Å². The molecule has 2 amide bonds. The molecule has 8 aromatic heterocycles. The van der Waals surface area contributed by atoms with Crippen molar-refractivity contribution < 1.29 is 18.4 Å². The molecule has 2 aliphatic carbocycles. The number of aryl methyl sites for hydroxylation is 2. The lowest BCUT2D eigenvalue weighted by molar-refractivity contribution is -0.118. The topological polar surface area (TPSA) is 197 Å². The second-order valence-electron chi connectivity index (χ2n) is 14.2. The zero-order valence-corrected chi connectivity index (χ0v) is 30.1. The molecule has 280 valence electrons. The number of hydrogen-bond donors (Lipinski definition) is 4. The van der Waals surface area contributed by atoms with Crippen LogP contribution in [0.15, 0.2) is 86.0 Å². The van der Waals surface area contributed by atoms with Crippen LogP contribution in [0.5, 0.6) is 0 Å². The average Bonchev–Trinajstić information content (AvgIpc) is 4.03. The van der Waals surface area contributed by atoms with Crippen molar-refractivity contribution in [2.45, 2.75) is 25.2 Å². The highest BCUT2D eigenvalue weighted by atomic mass is 19.1. The molecule has 0 bridgehead atoms. The van der Waals surface area contributed by atoms with E-state index in [0.29, 0.717) is 45.4 Å². The van der Waals surface area contributed by atoms with E-state index in [1.807, 2.05) is 59.9 Å². The van der Waals surface area contributed by atoms with Crippen LogP contribution in [0, 0.1) is 11.8 Å². The Kier molecular flexibility index (Phi) is 8.25. The molecule has 2 fully saturated rings. The molecule has 16 heteroatoms. The predicted molar refractivity (Wildman–Crippen MR) is 211 cm³/mol. The highest BCUT2D eigenvalue weighted by Crippen LogP contribution is 2.37. The second-order valence-corrected chi connectivity index (χ2v) is 14.2. The minimum atomic E-state index is -1.05. The molecule has 8 aromatic rings. The van der Waals surface area contributed by atoms with Gasteiger partial charge in [-0.2, -0.15) is 0 Å². The molecule has 2 aliphatic rings. The fourth-order valence-electron chi connectivity index (χ4n) is 6.95. The van der Waals surface area contributed by atoms with Gasteiger partial charge in [0.1, 0.15) is 35.6 Å². The quantitative estimate of drug-likeness (QED) is 0.153. The first-order valence-corrected chi connectivity index (χ1v) is 17.8. The van der Waals surface area contributed by atoms with E-state index in [1.165, 1.54) is 0 Å². The van der Waals surface area contributed by atoms with Crippen molar-refractivity contribution in [3.63, 3.8) is 0 Å². The number of rotatable bonds is 6. The number of nitrogens with zero attached hydrogens (tertiary/aromatic N) is 8. The lowest BCUT2D eigenvalue weighted by Gasteiger charge is -2.10. The number of halogens is 2. The minimum absolute atomic E-state index is 0.272. The van der Waals surface area contributed by atoms with Gasteiger partial charge in [0.25, 0.3) is 0 Å². The Hall–Kier alpha value is -7.10. The van der Waals surface area contributed by atoms with Crippen LogP contribution >= 0.6 is 0 Å². The maximum atomic E-state index is 13.1. The largest absolute Gasteiger partial charge is 0.383 e. The van der Waals surface area contributed by atoms with E-state index in [-0.39, 0.29) is 24.7 Å². The summed E-state index contributed by atoms with van der Waals surface area (Å²) in [5, 5.41) is 10.3. The molecule has 2 saturated carbocycles. The van der Waals surface area contributed by atoms with Gasteiger partial charge in [0, 0.05) is 96.3 Å². The summed E-state index contributed by atoms with van der Waals surface area (Å²) < 4.78 is 30.2. The smallest absolute Gasteiger partial charge is 0.231 e. The van der Waals surface area contributed by atoms with Crippen molar-refractivity contribution in [3.8, 4) is 22.5 Å². The van der Waals surface area contributed by atoms with E-state index >= 15 is 0 Å². The number of hydrogen-bond acceptors (Lipinski definition) is 10. The van der Waals surface area contributed by atoms with Gasteiger partial charge in [-0.25, -0.2) is 28.7 Å². The first-order chi connectivity index (χ1) is 27.0. The third kappa shape index (κ3) is 6.33. The van der Waals surface area contributed by atoms with Crippen LogP contribution in [0.4, 0.5) is 32.1 Å². The number of carbonyl (C=O) groups is 2. The zero-order chi connectivity index (χ0) is 38.8. The van der Waals surface area contributed by atoms with Gasteiger partial charge in [0.15, 0.2) is 0 Å². The summed E-state index contributed by atoms with van der Waals surface area (Å²) in [7, 11) is 3.92. The molecule has 0 saturated heterocycles. The Balaban J connectivity index is 0.000000146. The Labute approximate surface area is 317 Å². The highest BCUT2D eigenvalue weighted by molar-refractivity contribution is 6.02. The summed E-state index contributed by atoms with van der Waals surface area (Å²) in [5.74, 6) is -0.427. The van der Waals surface area contributed by atoms with Crippen LogP contribution < -0.4 is 22.1 Å². The van der Waals surface area contributed by atoms with Gasteiger partial charge in [0.05, 0.1) is 34.3 Å². The maximum Gasteiger partial charge on any atom is 0.231 e. The predicted octanol–water partition coefficient (Wildman–Crippen LogP) is 6.12. The first-order valence-electron chi connectivity index (χ1n) is 17.8. The van der Waals surface area contributed by atoms with Crippen molar-refractivity contribution in [1.82, 2.24) is 39.0 Å². The standard InChI is InChI=1S/2C20H17FN6O/c2*1-27-3-2-10-7-23-8-14(18(10)27)16-4-11-5-17(24-9-13(11)19(22)25-16)26-20(28)12-6-15(12)21/h2*2-5,7-9,12,15H,6H2,1H3,(H2,22,25)(H,24,26,28)/t12-,15+;/m1./s1. The number of alkyl halides is 2. The molecular formula is C40H34F2N12O2. The maximum absolute atomic E-state index is 13.1. The van der Waals surface area contributed by atoms with Crippen molar-refractivity contribution in [1.29, 1.82) is 0 Å². The first kappa shape index (κ1) is 34.7. The van der Waals surface area contributed by atoms with E-state index in [0.717, 1.165) is 43.7 Å². The summed E-state index contributed by atoms with van der Waals surface area (Å²) in [6, 6.07) is 11.2. The molecular weight excluding hydrogens is 719 g/mol. The van der Waals surface area contributed by atoms with Gasteiger partial charge in [0.2, 0.25) is 11.8 Å². The number of amides is 2. The van der Waals surface area contributed by atoms with Crippen LogP contribution in [0.25, 0.3) is 65.9 Å². The number of nitrogens with two attached hydrogens (primary N) is 2. The number of nitrogens with one attached hydrogen (secondary N) is 2. The summed E-state index contributed by atoms with van der Waals surface area (Å²) >= 11 is 0. The van der Waals surface area contributed by atoms with Gasteiger partial charge in [-0.1, -0.05) is 0 Å². The lowest BCUT2D eigenvalue weighted by Crippen LogP contribution is -2.15. The van der Waals surface area contributed by atoms with Crippen LogP contribution in [-0.2, 0) is 23.7 Å². The van der Waals surface area contributed by atoms with Gasteiger partial charge >= 0.3 is 0 Å². The molecule has 8 heterocycles. The Morgan fingerprint density at radius 2 is 1.05 bits per heavy atom. The number of nitrogen functional groups attached to an aromatic ring is 2. The number of anilines is 4. The zero-order valence-electron chi connectivity index (χ0n) is 30.1. The third-order valence-electron chi connectivity index (χ3n) is 10.2. The Morgan fingerprint density at radius 3 is 1.45 bits per heavy atom. The van der Waals surface area contributed by atoms with Crippen LogP contribution in [0.3, 0.4) is 0 Å². The van der Waals surface area contributed by atoms with E-state index in [2.05, 4.69) is 40.5 Å². The molecule has 56 heavy (non-hydrogen) atoms. The average molecular weight is 753 g/mol. The van der Waals surface area contributed by atoms with E-state index in [4.69, 9.17) is 11.5 Å². The number of aromatic nitrogens is 8. The van der Waals surface area contributed by atoms with Gasteiger partial charge < -0.3 is 31.2 Å². The number of carbonyl (C=O) groups excluding carboxylic acids is 2. The Morgan fingerprint density at radius 1 is 0.643 bits per heavy atom. The van der Waals surface area contributed by atoms with Crippen LogP contribution in [0.2, 0.25) is 0 Å². The SMILES string of the molecule is Cn1ccc2cncc(-c3cc4cc(NC(=O)C5CC5F)ncc4c(N)n3)c21.Cn1ccc2cncc(-c3cc4cc(NC(=O)[C@@H]5C[C@@H]5F)ncc4c(N)n3)c21. The van der Waals surface area contributed by atoms with E-state index < -0.39 is 24.2 Å². The molecule has 10 rings (SSSR count). The monoisotopic (exact) mass is 752 g/mol. The highest BCUT2D eigenvalue weighted by Gasteiger charge is 2.44. The normalized spacial score (nSPS) is 18.5. The molecule has 0 spiro atoms. The summed E-state index contributed by atoms with van der Waals surface area (Å²) in [6.07, 6.45) is 12.6. The van der Waals surface area contributed by atoms with Crippen LogP contribution in [-0.4, -0.2) is 63.2 Å². The summed E-state index contributed by atoms with van der Waals surface area (Å²) in [5.41, 5.74) is 17.4. The molecule has 14 nitrogen and oxygen atoms in total. The lowest BCUT2D eigenvalue weighted by atomic mass is 10.1. The van der Waals surface area contributed by atoms with E-state index in [1.54, 1.807) is 49.3 Å². The van der Waals surface area contributed by atoms with Crippen molar-refractivity contribution in [3.05, 3.63) is 86.0 Å². The number of pyridine rings is 6. The van der Waals surface area contributed by atoms with Crippen molar-refractivity contribution in [2.75, 3.05) is 22.1 Å². The van der Waals surface area contributed by atoms with Gasteiger partial charge in [-0.05, 0) is 60.0 Å². The van der Waals surface area contributed by atoms with Crippen molar-refractivity contribution >= 4 is 78.4 Å². The third-order valence-corrected chi connectivity index (χ3v) is 10.2. The molecule has 0 aromatic carbocycles. The molecule has 0 aliphatic heterocycles. The number of fused-ring (bicyclic) bond motifs is 4. The molecule has 2 unspecified atom stereocenters. The summed E-state index contributed by atoms with van der Waals surface area (Å²) in [4.78, 5) is 50.1. The molecule has 0 radical (unpaired) electrons. The fourth-order valence-corrected chi connectivity index (χ4v) is 6.95. The second kappa shape index (κ2) is 13.3. The Bertz CT molecular complexity index is 2700. The van der Waals surface area contributed by atoms with Crippen LogP contribution in [0.1, 0.15) is 12.8 Å². The van der Waals surface area contributed by atoms with Gasteiger partial charge in [-0.3, -0.25) is 19.6 Å². The summed E-state index contributed by atoms with van der Waals surface area (Å²) in [6.45, 7) is 0. The van der Waals surface area contributed by atoms with Gasteiger partial charge in [-0.15, -0.1) is 0 Å². The fraction of sp³-hybridized carbons (Fsp3) is 0.200. The molecule has 4 atom stereocenters. The molecule has 6 N–H and O–H groups in total. The minimum Gasteiger partial charge on any atom is -0.383 e.